The fraction of sp³-hybridized carbons (Fsp3) is 0.500. The maximum absolute atomic E-state index is 10.3. The van der Waals surface area contributed by atoms with E-state index in [0.29, 0.717) is 11.5 Å². The second kappa shape index (κ2) is 5.52. The van der Waals surface area contributed by atoms with Gasteiger partial charge in [-0.2, -0.15) is 15.4 Å². The first-order chi connectivity index (χ1) is 11.5. The molecule has 0 radical (unpaired) electrons. The topological polar surface area (TPSA) is 180 Å². The first-order valence-electron chi connectivity index (χ1n) is 7.26. The highest BCUT2D eigenvalue weighted by molar-refractivity contribution is 5.93. The normalized spacial score (nSPS) is 32.3. The highest BCUT2D eigenvalue weighted by Gasteiger charge is 2.45. The Morgan fingerprint density at radius 2 is 2.12 bits per heavy atom. The average Bonchev–Trinajstić information content (AvgIpc) is 3.24. The van der Waals surface area contributed by atoms with Gasteiger partial charge in [-0.25, -0.2) is 9.98 Å². The van der Waals surface area contributed by atoms with Crippen LogP contribution in [0.5, 0.6) is 0 Å². The van der Waals surface area contributed by atoms with Crippen LogP contribution in [0, 0.1) is 0 Å². The van der Waals surface area contributed by atoms with Crippen molar-refractivity contribution in [3.8, 4) is 0 Å². The van der Waals surface area contributed by atoms with Crippen molar-refractivity contribution in [1.29, 1.82) is 0 Å². The van der Waals surface area contributed by atoms with Crippen LogP contribution in [0.4, 0.5) is 5.82 Å². The van der Waals surface area contributed by atoms with E-state index in [0.717, 1.165) is 0 Å². The highest BCUT2D eigenvalue weighted by atomic mass is 16.6. The number of imidazole rings is 1. The van der Waals surface area contributed by atoms with E-state index >= 15 is 0 Å². The standard InChI is InChI=1S/C12H16N8O4/c13-12-16-9-6(10(23)17-12)14-3-20(9)11-8(22)7(21)5(24-11)1-4-2-15-19-18-4/h2-3,5,7-8,10-11,21-23H,1H2,(H3,13,16,17)(H,15,18,19). The van der Waals surface area contributed by atoms with Gasteiger partial charge in [-0.05, 0) is 0 Å². The lowest BCUT2D eigenvalue weighted by molar-refractivity contribution is -0.0357. The van der Waals surface area contributed by atoms with Crippen LogP contribution in [0.15, 0.2) is 17.5 Å². The van der Waals surface area contributed by atoms with Gasteiger partial charge in [0, 0.05) is 6.42 Å². The van der Waals surface area contributed by atoms with Crippen LogP contribution < -0.4 is 11.1 Å². The van der Waals surface area contributed by atoms with E-state index in [2.05, 4.69) is 30.7 Å². The number of ether oxygens (including phenoxy) is 1. The second-order valence-corrected chi connectivity index (χ2v) is 5.61. The zero-order chi connectivity index (χ0) is 16.8. The predicted molar refractivity (Wildman–Crippen MR) is 78.4 cm³/mol. The van der Waals surface area contributed by atoms with Crippen LogP contribution in [-0.4, -0.2) is 64.6 Å². The Hall–Kier alpha value is -2.54. The zero-order valence-corrected chi connectivity index (χ0v) is 12.3. The minimum Gasteiger partial charge on any atom is -0.388 e. The van der Waals surface area contributed by atoms with Gasteiger partial charge in [0.1, 0.15) is 23.7 Å². The molecule has 2 aliphatic rings. The van der Waals surface area contributed by atoms with Gasteiger partial charge in [0.05, 0.1) is 24.3 Å². The number of nitrogens with two attached hydrogens (primary N) is 1. The molecule has 0 aliphatic carbocycles. The quantitative estimate of drug-likeness (QED) is 0.356. The SMILES string of the molecule is NC1=NC(O)c2ncn(C3OC(Cc4cn[nH]n4)C(O)C3O)c2N1. The van der Waals surface area contributed by atoms with E-state index in [4.69, 9.17) is 10.5 Å². The van der Waals surface area contributed by atoms with Crippen molar-refractivity contribution in [2.75, 3.05) is 5.32 Å². The molecule has 0 amide bonds. The Labute approximate surface area is 135 Å². The van der Waals surface area contributed by atoms with Crippen LogP contribution in [0.1, 0.15) is 23.8 Å². The number of aliphatic imine (C=N–C) groups is 1. The number of anilines is 1. The largest absolute Gasteiger partial charge is 0.388 e. The summed E-state index contributed by atoms with van der Waals surface area (Å²) in [5.74, 6) is 0.372. The number of aromatic amines is 1. The number of hydrogen-bond donors (Lipinski definition) is 6. The minimum absolute atomic E-state index is 0.0175. The smallest absolute Gasteiger partial charge is 0.197 e. The number of aliphatic hydroxyl groups is 3. The number of aromatic nitrogens is 5. The second-order valence-electron chi connectivity index (χ2n) is 5.61. The number of hydrogen-bond acceptors (Lipinski definition) is 10. The number of aliphatic hydroxyl groups excluding tert-OH is 3. The van der Waals surface area contributed by atoms with Crippen LogP contribution in [0.25, 0.3) is 0 Å². The predicted octanol–water partition coefficient (Wildman–Crippen LogP) is -2.41. The van der Waals surface area contributed by atoms with Crippen LogP contribution in [-0.2, 0) is 11.2 Å². The van der Waals surface area contributed by atoms with Crippen LogP contribution in [0.2, 0.25) is 0 Å². The molecule has 7 N–H and O–H groups in total. The lowest BCUT2D eigenvalue weighted by Gasteiger charge is -2.22. The number of rotatable bonds is 3. The summed E-state index contributed by atoms with van der Waals surface area (Å²) in [6.45, 7) is 0. The molecule has 12 nitrogen and oxygen atoms in total. The Morgan fingerprint density at radius 3 is 2.88 bits per heavy atom. The molecule has 2 aromatic heterocycles. The summed E-state index contributed by atoms with van der Waals surface area (Å²) in [6.07, 6.45) is -1.91. The average molecular weight is 336 g/mol. The molecule has 4 heterocycles. The van der Waals surface area contributed by atoms with Gasteiger partial charge in [0.2, 0.25) is 0 Å². The van der Waals surface area contributed by atoms with E-state index < -0.39 is 30.8 Å². The number of nitrogens with zero attached hydrogens (tertiary/aromatic N) is 5. The molecule has 2 aliphatic heterocycles. The number of fused-ring (bicyclic) bond motifs is 1. The van der Waals surface area contributed by atoms with Gasteiger partial charge < -0.3 is 31.1 Å². The fourth-order valence-electron chi connectivity index (χ4n) is 2.89. The van der Waals surface area contributed by atoms with E-state index in [9.17, 15) is 15.3 Å². The first-order valence-corrected chi connectivity index (χ1v) is 7.26. The number of guanidine groups is 1. The highest BCUT2D eigenvalue weighted by Crippen LogP contribution is 2.36. The Morgan fingerprint density at radius 1 is 1.29 bits per heavy atom. The Bertz CT molecular complexity index is 759. The summed E-state index contributed by atoms with van der Waals surface area (Å²) in [5.41, 5.74) is 6.47. The molecule has 1 saturated heterocycles. The van der Waals surface area contributed by atoms with Gasteiger partial charge in [0.25, 0.3) is 0 Å². The Kier molecular flexibility index (Phi) is 3.45. The monoisotopic (exact) mass is 336 g/mol. The molecule has 0 saturated carbocycles. The van der Waals surface area contributed by atoms with Crippen molar-refractivity contribution < 1.29 is 20.1 Å². The third kappa shape index (κ3) is 2.32. The van der Waals surface area contributed by atoms with Crippen molar-refractivity contribution >= 4 is 11.8 Å². The van der Waals surface area contributed by atoms with Gasteiger partial charge in [-0.1, -0.05) is 0 Å². The lowest BCUT2D eigenvalue weighted by atomic mass is 10.1. The van der Waals surface area contributed by atoms with Gasteiger partial charge in [-0.15, -0.1) is 0 Å². The number of nitrogens with one attached hydrogen (secondary N) is 2. The van der Waals surface area contributed by atoms with E-state index in [1.54, 1.807) is 0 Å². The third-order valence-electron chi connectivity index (χ3n) is 4.06. The summed E-state index contributed by atoms with van der Waals surface area (Å²) in [5, 5.41) is 43.3. The van der Waals surface area contributed by atoms with E-state index in [-0.39, 0.29) is 18.1 Å². The summed E-state index contributed by atoms with van der Waals surface area (Å²) in [6, 6.07) is 0. The van der Waals surface area contributed by atoms with Crippen LogP contribution >= 0.6 is 0 Å². The van der Waals surface area contributed by atoms with Gasteiger partial charge in [0.15, 0.2) is 18.4 Å². The molecule has 5 atom stereocenters. The summed E-state index contributed by atoms with van der Waals surface area (Å²) < 4.78 is 7.25. The van der Waals surface area contributed by atoms with Crippen molar-refractivity contribution in [3.05, 3.63) is 23.9 Å². The molecular formula is C12H16N8O4. The molecule has 12 heteroatoms. The van der Waals surface area contributed by atoms with Gasteiger partial charge in [-0.3, -0.25) is 4.57 Å². The summed E-state index contributed by atoms with van der Waals surface area (Å²) in [4.78, 5) is 7.82. The molecular weight excluding hydrogens is 320 g/mol. The molecule has 24 heavy (non-hydrogen) atoms. The first kappa shape index (κ1) is 15.0. The number of H-pyrrole nitrogens is 1. The molecule has 0 bridgehead atoms. The lowest BCUT2D eigenvalue weighted by Crippen LogP contribution is -2.34. The van der Waals surface area contributed by atoms with Crippen molar-refractivity contribution in [3.63, 3.8) is 0 Å². The molecule has 0 spiro atoms. The van der Waals surface area contributed by atoms with E-state index in [1.165, 1.54) is 17.1 Å². The maximum Gasteiger partial charge on any atom is 0.197 e. The van der Waals surface area contributed by atoms with E-state index in [1.807, 2.05) is 0 Å². The van der Waals surface area contributed by atoms with Crippen LogP contribution in [0.3, 0.4) is 0 Å². The fourth-order valence-corrected chi connectivity index (χ4v) is 2.89. The molecule has 128 valence electrons. The van der Waals surface area contributed by atoms with Gasteiger partial charge >= 0.3 is 0 Å². The van der Waals surface area contributed by atoms with Crippen molar-refractivity contribution in [2.24, 2.45) is 10.7 Å². The van der Waals surface area contributed by atoms with Crippen molar-refractivity contribution in [1.82, 2.24) is 25.0 Å². The minimum atomic E-state index is -1.20. The van der Waals surface area contributed by atoms with Crippen molar-refractivity contribution in [2.45, 2.75) is 37.2 Å². The summed E-state index contributed by atoms with van der Waals surface area (Å²) in [7, 11) is 0. The molecule has 1 fully saturated rings. The third-order valence-corrected chi connectivity index (χ3v) is 4.06. The Balaban J connectivity index is 1.59. The molecule has 4 rings (SSSR count). The maximum atomic E-state index is 10.3. The summed E-state index contributed by atoms with van der Waals surface area (Å²) >= 11 is 0. The molecule has 5 unspecified atom stereocenters. The zero-order valence-electron chi connectivity index (χ0n) is 12.3. The molecule has 2 aromatic rings. The molecule has 0 aromatic carbocycles.